The van der Waals surface area contributed by atoms with Gasteiger partial charge in [0.05, 0.1) is 12.2 Å². The number of rotatable bonds is 4. The van der Waals surface area contributed by atoms with Crippen LogP contribution in [-0.2, 0) is 4.74 Å². The van der Waals surface area contributed by atoms with Gasteiger partial charge in [-0.05, 0) is 55.5 Å². The Bertz CT molecular complexity index is 649. The third-order valence-corrected chi connectivity index (χ3v) is 2.69. The Kier molecular flexibility index (Phi) is 4.98. The van der Waals surface area contributed by atoms with E-state index < -0.39 is 12.1 Å². The molecule has 2 aromatic rings. The van der Waals surface area contributed by atoms with E-state index in [0.29, 0.717) is 17.0 Å². The van der Waals surface area contributed by atoms with E-state index in [-0.39, 0.29) is 12.4 Å². The zero-order valence-electron chi connectivity index (χ0n) is 11.9. The first-order valence-corrected chi connectivity index (χ1v) is 6.63. The van der Waals surface area contributed by atoms with Gasteiger partial charge in [0.15, 0.2) is 0 Å². The second-order valence-corrected chi connectivity index (χ2v) is 4.31. The lowest BCUT2D eigenvalue weighted by atomic mass is 10.2. The minimum absolute atomic E-state index is 0.0918. The number of aromatic hydroxyl groups is 1. The quantitative estimate of drug-likeness (QED) is 0.669. The van der Waals surface area contributed by atoms with Crippen LogP contribution in [-0.4, -0.2) is 23.8 Å². The van der Waals surface area contributed by atoms with Crippen molar-refractivity contribution in [3.8, 4) is 11.5 Å². The molecule has 22 heavy (non-hydrogen) atoms. The molecule has 0 aliphatic carbocycles. The van der Waals surface area contributed by atoms with Crippen molar-refractivity contribution in [1.29, 1.82) is 0 Å². The maximum absolute atomic E-state index is 11.9. The summed E-state index contributed by atoms with van der Waals surface area (Å²) in [6.07, 6.45) is -0.554. The van der Waals surface area contributed by atoms with Gasteiger partial charge in [0.1, 0.15) is 11.5 Å². The fourth-order valence-corrected chi connectivity index (χ4v) is 1.65. The van der Waals surface area contributed by atoms with Crippen LogP contribution in [0.2, 0.25) is 0 Å². The smallest absolute Gasteiger partial charge is 0.411 e. The lowest BCUT2D eigenvalue weighted by molar-refractivity contribution is 0.0734. The minimum Gasteiger partial charge on any atom is -0.508 e. The van der Waals surface area contributed by atoms with E-state index in [0.717, 1.165) is 0 Å². The van der Waals surface area contributed by atoms with Crippen LogP contribution in [0, 0.1) is 0 Å². The van der Waals surface area contributed by atoms with E-state index in [1.54, 1.807) is 19.1 Å². The molecule has 0 atom stereocenters. The van der Waals surface area contributed by atoms with E-state index in [1.165, 1.54) is 36.4 Å². The predicted molar refractivity (Wildman–Crippen MR) is 80.2 cm³/mol. The summed E-state index contributed by atoms with van der Waals surface area (Å²) in [5.41, 5.74) is 0.849. The molecule has 0 unspecified atom stereocenters. The molecule has 0 bridgehead atoms. The monoisotopic (exact) mass is 301 g/mol. The molecule has 0 saturated heterocycles. The number of amides is 1. The Labute approximate surface area is 127 Å². The lowest BCUT2D eigenvalue weighted by Gasteiger charge is -2.07. The van der Waals surface area contributed by atoms with E-state index in [4.69, 9.17) is 14.6 Å². The number of ether oxygens (including phenoxy) is 2. The van der Waals surface area contributed by atoms with Crippen LogP contribution in [0.4, 0.5) is 10.5 Å². The second-order valence-electron chi connectivity index (χ2n) is 4.31. The van der Waals surface area contributed by atoms with Crippen molar-refractivity contribution >= 4 is 17.7 Å². The number of phenols is 1. The van der Waals surface area contributed by atoms with Crippen LogP contribution >= 0.6 is 0 Å². The first kappa shape index (κ1) is 15.4. The topological polar surface area (TPSA) is 84.9 Å². The molecule has 2 N–H and O–H groups in total. The Morgan fingerprint density at radius 1 is 1.05 bits per heavy atom. The summed E-state index contributed by atoms with van der Waals surface area (Å²) in [6.45, 7) is 1.99. The van der Waals surface area contributed by atoms with Crippen molar-refractivity contribution in [2.45, 2.75) is 6.92 Å². The van der Waals surface area contributed by atoms with Crippen LogP contribution in [0.25, 0.3) is 0 Å². The van der Waals surface area contributed by atoms with Gasteiger partial charge in [-0.2, -0.15) is 0 Å². The van der Waals surface area contributed by atoms with E-state index >= 15 is 0 Å². The third kappa shape index (κ3) is 4.24. The summed E-state index contributed by atoms with van der Waals surface area (Å²) < 4.78 is 9.90. The Balaban J connectivity index is 1.98. The van der Waals surface area contributed by atoms with E-state index in [9.17, 15) is 9.59 Å². The Morgan fingerprint density at radius 3 is 2.27 bits per heavy atom. The predicted octanol–water partition coefficient (Wildman–Crippen LogP) is 3.18. The summed E-state index contributed by atoms with van der Waals surface area (Å²) >= 11 is 0. The number of anilines is 1. The molecule has 114 valence electrons. The van der Waals surface area contributed by atoms with Gasteiger partial charge in [0.25, 0.3) is 0 Å². The zero-order chi connectivity index (χ0) is 15.9. The molecular formula is C16H15NO5. The fourth-order valence-electron chi connectivity index (χ4n) is 1.65. The molecule has 0 aliphatic rings. The molecule has 6 nitrogen and oxygen atoms in total. The van der Waals surface area contributed by atoms with Crippen molar-refractivity contribution in [2.75, 3.05) is 11.9 Å². The van der Waals surface area contributed by atoms with Gasteiger partial charge in [-0.3, -0.25) is 5.32 Å². The van der Waals surface area contributed by atoms with Crippen LogP contribution < -0.4 is 10.1 Å². The number of phenolic OH excluding ortho intramolecular Hbond substituents is 1. The highest BCUT2D eigenvalue weighted by molar-refractivity contribution is 5.92. The SMILES string of the molecule is CCOC(=O)Nc1ccc(C(=O)Oc2ccc(O)cc2)cc1. The molecule has 0 saturated carbocycles. The number of carbonyl (C=O) groups excluding carboxylic acids is 2. The molecule has 6 heteroatoms. The normalized spacial score (nSPS) is 9.86. The van der Waals surface area contributed by atoms with Crippen molar-refractivity contribution in [3.05, 3.63) is 54.1 Å². The molecule has 2 rings (SSSR count). The second kappa shape index (κ2) is 7.12. The molecule has 0 aromatic heterocycles. The van der Waals surface area contributed by atoms with Gasteiger partial charge < -0.3 is 14.6 Å². The van der Waals surface area contributed by atoms with Crippen molar-refractivity contribution < 1.29 is 24.2 Å². The molecule has 0 fully saturated rings. The molecular weight excluding hydrogens is 286 g/mol. The molecule has 2 aromatic carbocycles. The van der Waals surface area contributed by atoms with Gasteiger partial charge in [-0.15, -0.1) is 0 Å². The van der Waals surface area contributed by atoms with Crippen molar-refractivity contribution in [1.82, 2.24) is 0 Å². The van der Waals surface area contributed by atoms with Crippen LogP contribution in [0.15, 0.2) is 48.5 Å². The number of nitrogens with one attached hydrogen (secondary N) is 1. The maximum Gasteiger partial charge on any atom is 0.411 e. The number of benzene rings is 2. The van der Waals surface area contributed by atoms with Gasteiger partial charge in [0.2, 0.25) is 0 Å². The number of esters is 1. The summed E-state index contributed by atoms with van der Waals surface area (Å²) in [6, 6.07) is 12.0. The van der Waals surface area contributed by atoms with Crippen LogP contribution in [0.1, 0.15) is 17.3 Å². The number of hydrogen-bond donors (Lipinski definition) is 2. The van der Waals surface area contributed by atoms with Gasteiger partial charge in [-0.1, -0.05) is 0 Å². The molecule has 0 heterocycles. The summed E-state index contributed by atoms with van der Waals surface area (Å²) in [5, 5.41) is 11.7. The molecule has 0 radical (unpaired) electrons. The zero-order valence-corrected chi connectivity index (χ0v) is 11.9. The van der Waals surface area contributed by atoms with Gasteiger partial charge in [-0.25, -0.2) is 9.59 Å². The molecule has 1 amide bonds. The average molecular weight is 301 g/mol. The Hall–Kier alpha value is -3.02. The van der Waals surface area contributed by atoms with Crippen molar-refractivity contribution in [2.24, 2.45) is 0 Å². The average Bonchev–Trinajstić information content (AvgIpc) is 2.50. The third-order valence-electron chi connectivity index (χ3n) is 2.69. The van der Waals surface area contributed by atoms with Gasteiger partial charge in [0, 0.05) is 5.69 Å². The van der Waals surface area contributed by atoms with E-state index in [2.05, 4.69) is 5.32 Å². The Morgan fingerprint density at radius 2 is 1.68 bits per heavy atom. The maximum atomic E-state index is 11.9. The number of carbonyl (C=O) groups is 2. The van der Waals surface area contributed by atoms with Crippen molar-refractivity contribution in [3.63, 3.8) is 0 Å². The molecule has 0 aliphatic heterocycles. The first-order chi connectivity index (χ1) is 10.6. The van der Waals surface area contributed by atoms with Gasteiger partial charge >= 0.3 is 12.1 Å². The standard InChI is InChI=1S/C16H15NO5/c1-2-21-16(20)17-12-5-3-11(4-6-12)15(19)22-14-9-7-13(18)8-10-14/h3-10,18H,2H2,1H3,(H,17,20). The summed E-state index contributed by atoms with van der Waals surface area (Å²) in [4.78, 5) is 23.2. The fraction of sp³-hybridized carbons (Fsp3) is 0.125. The van der Waals surface area contributed by atoms with E-state index in [1.807, 2.05) is 0 Å². The first-order valence-electron chi connectivity index (χ1n) is 6.63. The molecule has 0 spiro atoms. The highest BCUT2D eigenvalue weighted by Gasteiger charge is 2.09. The largest absolute Gasteiger partial charge is 0.508 e. The lowest BCUT2D eigenvalue weighted by Crippen LogP contribution is -2.13. The van der Waals surface area contributed by atoms with Crippen LogP contribution in [0.5, 0.6) is 11.5 Å². The minimum atomic E-state index is -0.554. The highest BCUT2D eigenvalue weighted by Crippen LogP contribution is 2.18. The van der Waals surface area contributed by atoms with Crippen LogP contribution in [0.3, 0.4) is 0 Å². The summed E-state index contributed by atoms with van der Waals surface area (Å²) in [7, 11) is 0. The number of hydrogen-bond acceptors (Lipinski definition) is 5. The highest BCUT2D eigenvalue weighted by atomic mass is 16.5. The summed E-state index contributed by atoms with van der Waals surface area (Å²) in [5.74, 6) is -0.112.